The van der Waals surface area contributed by atoms with E-state index in [4.69, 9.17) is 4.74 Å². The van der Waals surface area contributed by atoms with Gasteiger partial charge in [-0.3, -0.25) is 4.79 Å². The van der Waals surface area contributed by atoms with E-state index in [1.807, 2.05) is 16.7 Å². The fraction of sp³-hybridized carbons (Fsp3) is 0.889. The summed E-state index contributed by atoms with van der Waals surface area (Å²) >= 11 is 1.92. The van der Waals surface area contributed by atoms with E-state index < -0.39 is 0 Å². The standard InChI is InChI=1S/C9H15NO2S/c1-8(11)10-4-2-9(3-5-10)12-6-7-13-9/h2-7H2,1H3. The molecule has 2 saturated heterocycles. The number of rotatable bonds is 0. The average molecular weight is 201 g/mol. The predicted molar refractivity (Wildman–Crippen MR) is 52.6 cm³/mol. The van der Waals surface area contributed by atoms with E-state index in [9.17, 15) is 4.79 Å². The molecule has 0 radical (unpaired) electrons. The summed E-state index contributed by atoms with van der Waals surface area (Å²) < 4.78 is 5.73. The Morgan fingerprint density at radius 1 is 1.46 bits per heavy atom. The Morgan fingerprint density at radius 3 is 2.62 bits per heavy atom. The van der Waals surface area contributed by atoms with Gasteiger partial charge in [-0.2, -0.15) is 0 Å². The molecule has 0 aliphatic carbocycles. The van der Waals surface area contributed by atoms with Gasteiger partial charge >= 0.3 is 0 Å². The molecule has 0 aromatic heterocycles. The number of thioether (sulfide) groups is 1. The lowest BCUT2D eigenvalue weighted by atomic mass is 10.1. The molecule has 2 aliphatic rings. The molecule has 1 amide bonds. The van der Waals surface area contributed by atoms with Crippen LogP contribution in [0, 0.1) is 0 Å². The molecule has 1 spiro atoms. The molecule has 3 nitrogen and oxygen atoms in total. The van der Waals surface area contributed by atoms with Crippen molar-refractivity contribution in [3.8, 4) is 0 Å². The number of likely N-dealkylation sites (tertiary alicyclic amines) is 1. The van der Waals surface area contributed by atoms with Gasteiger partial charge in [-0.1, -0.05) is 0 Å². The molecular weight excluding hydrogens is 186 g/mol. The molecular formula is C9H15NO2S. The van der Waals surface area contributed by atoms with E-state index in [1.54, 1.807) is 6.92 Å². The zero-order valence-corrected chi connectivity index (χ0v) is 8.73. The monoisotopic (exact) mass is 201 g/mol. The van der Waals surface area contributed by atoms with Crippen molar-refractivity contribution in [2.75, 3.05) is 25.4 Å². The lowest BCUT2D eigenvalue weighted by molar-refractivity contribution is -0.131. The Morgan fingerprint density at radius 2 is 2.15 bits per heavy atom. The minimum atomic E-state index is 0.0615. The summed E-state index contributed by atoms with van der Waals surface area (Å²) in [5.41, 5.74) is 0. The lowest BCUT2D eigenvalue weighted by Crippen LogP contribution is -2.44. The van der Waals surface area contributed by atoms with Crippen LogP contribution in [0.3, 0.4) is 0 Å². The predicted octanol–water partition coefficient (Wildman–Crippen LogP) is 1.09. The number of nitrogens with zero attached hydrogens (tertiary/aromatic N) is 1. The van der Waals surface area contributed by atoms with Crippen molar-refractivity contribution in [2.24, 2.45) is 0 Å². The molecule has 2 rings (SSSR count). The molecule has 0 bridgehead atoms. The maximum absolute atomic E-state index is 11.1. The highest BCUT2D eigenvalue weighted by molar-refractivity contribution is 8.00. The largest absolute Gasteiger partial charge is 0.363 e. The minimum absolute atomic E-state index is 0.0615. The quantitative estimate of drug-likeness (QED) is 0.587. The van der Waals surface area contributed by atoms with Crippen molar-refractivity contribution in [1.29, 1.82) is 0 Å². The summed E-state index contributed by atoms with van der Waals surface area (Å²) in [7, 11) is 0. The summed E-state index contributed by atoms with van der Waals surface area (Å²) in [5, 5.41) is 0. The number of ether oxygens (including phenoxy) is 1. The first-order valence-electron chi connectivity index (χ1n) is 4.75. The van der Waals surface area contributed by atoms with Crippen LogP contribution >= 0.6 is 11.8 Å². The number of carbonyl (C=O) groups excluding carboxylic acids is 1. The topological polar surface area (TPSA) is 29.5 Å². The minimum Gasteiger partial charge on any atom is -0.363 e. The second kappa shape index (κ2) is 3.50. The normalized spacial score (nSPS) is 26.7. The highest BCUT2D eigenvalue weighted by Gasteiger charge is 2.39. The maximum atomic E-state index is 11.1. The Kier molecular flexibility index (Phi) is 2.51. The third-order valence-electron chi connectivity index (χ3n) is 2.78. The summed E-state index contributed by atoms with van der Waals surface area (Å²) in [6.07, 6.45) is 1.99. The molecule has 0 saturated carbocycles. The lowest BCUT2D eigenvalue weighted by Gasteiger charge is -2.37. The van der Waals surface area contributed by atoms with E-state index in [-0.39, 0.29) is 10.8 Å². The van der Waals surface area contributed by atoms with Crippen LogP contribution in [0.5, 0.6) is 0 Å². The van der Waals surface area contributed by atoms with Crippen LogP contribution in [-0.2, 0) is 9.53 Å². The van der Waals surface area contributed by atoms with Gasteiger partial charge < -0.3 is 9.64 Å². The van der Waals surface area contributed by atoms with Crippen LogP contribution in [0.2, 0.25) is 0 Å². The second-order valence-corrected chi connectivity index (χ2v) is 5.05. The fourth-order valence-electron chi connectivity index (χ4n) is 1.95. The van der Waals surface area contributed by atoms with Gasteiger partial charge in [0, 0.05) is 38.6 Å². The van der Waals surface area contributed by atoms with Gasteiger partial charge in [0.15, 0.2) is 0 Å². The van der Waals surface area contributed by atoms with Gasteiger partial charge in [0.05, 0.1) is 6.61 Å². The molecule has 0 atom stereocenters. The molecule has 13 heavy (non-hydrogen) atoms. The molecule has 0 aromatic rings. The zero-order chi connectivity index (χ0) is 9.31. The van der Waals surface area contributed by atoms with Crippen LogP contribution in [-0.4, -0.2) is 41.2 Å². The van der Waals surface area contributed by atoms with Crippen molar-refractivity contribution in [1.82, 2.24) is 4.90 Å². The highest BCUT2D eigenvalue weighted by Crippen LogP contribution is 2.41. The number of hydrogen-bond acceptors (Lipinski definition) is 3. The SMILES string of the molecule is CC(=O)N1CCC2(CC1)OCCS2. The van der Waals surface area contributed by atoms with Crippen LogP contribution in [0.25, 0.3) is 0 Å². The Bertz CT molecular complexity index is 204. The van der Waals surface area contributed by atoms with Crippen molar-refractivity contribution in [3.05, 3.63) is 0 Å². The first kappa shape index (κ1) is 9.34. The third kappa shape index (κ3) is 1.83. The Labute approximate surface area is 82.8 Å². The number of amides is 1. The fourth-order valence-corrected chi connectivity index (χ4v) is 3.12. The molecule has 0 unspecified atom stereocenters. The van der Waals surface area contributed by atoms with Crippen molar-refractivity contribution < 1.29 is 9.53 Å². The first-order valence-corrected chi connectivity index (χ1v) is 5.74. The van der Waals surface area contributed by atoms with Crippen molar-refractivity contribution in [2.45, 2.75) is 24.7 Å². The van der Waals surface area contributed by atoms with Gasteiger partial charge in [-0.05, 0) is 0 Å². The second-order valence-electron chi connectivity index (χ2n) is 3.61. The molecule has 2 heterocycles. The highest BCUT2D eigenvalue weighted by atomic mass is 32.2. The van der Waals surface area contributed by atoms with E-state index in [1.165, 1.54) is 0 Å². The maximum Gasteiger partial charge on any atom is 0.219 e. The Balaban J connectivity index is 1.91. The molecule has 0 N–H and O–H groups in total. The molecule has 2 fully saturated rings. The van der Waals surface area contributed by atoms with Crippen LogP contribution in [0.1, 0.15) is 19.8 Å². The summed E-state index contributed by atoms with van der Waals surface area (Å²) in [6.45, 7) is 4.25. The van der Waals surface area contributed by atoms with Gasteiger partial charge in [0.2, 0.25) is 5.91 Å². The van der Waals surface area contributed by atoms with E-state index in [0.717, 1.165) is 38.3 Å². The molecule has 2 aliphatic heterocycles. The number of carbonyl (C=O) groups is 1. The first-order chi connectivity index (χ1) is 6.22. The summed E-state index contributed by atoms with van der Waals surface area (Å²) in [5.74, 6) is 1.30. The van der Waals surface area contributed by atoms with E-state index >= 15 is 0 Å². The van der Waals surface area contributed by atoms with Crippen LogP contribution in [0.15, 0.2) is 0 Å². The number of hydrogen-bond donors (Lipinski definition) is 0. The molecule has 4 heteroatoms. The van der Waals surface area contributed by atoms with Gasteiger partial charge in [0.25, 0.3) is 0 Å². The Hall–Kier alpha value is -0.220. The van der Waals surface area contributed by atoms with Gasteiger partial charge in [0.1, 0.15) is 4.93 Å². The summed E-state index contributed by atoms with van der Waals surface area (Å²) in [4.78, 5) is 13.1. The van der Waals surface area contributed by atoms with Crippen LogP contribution < -0.4 is 0 Å². The zero-order valence-electron chi connectivity index (χ0n) is 7.91. The smallest absolute Gasteiger partial charge is 0.219 e. The molecule has 74 valence electrons. The van der Waals surface area contributed by atoms with Gasteiger partial charge in [-0.25, -0.2) is 0 Å². The summed E-state index contributed by atoms with van der Waals surface area (Å²) in [6, 6.07) is 0. The molecule has 0 aromatic carbocycles. The van der Waals surface area contributed by atoms with E-state index in [0.29, 0.717) is 0 Å². The van der Waals surface area contributed by atoms with Gasteiger partial charge in [-0.15, -0.1) is 11.8 Å². The van der Waals surface area contributed by atoms with Crippen LogP contribution in [0.4, 0.5) is 0 Å². The van der Waals surface area contributed by atoms with Crippen molar-refractivity contribution in [3.63, 3.8) is 0 Å². The third-order valence-corrected chi connectivity index (χ3v) is 4.21. The average Bonchev–Trinajstić information content (AvgIpc) is 2.54. The van der Waals surface area contributed by atoms with Crippen molar-refractivity contribution >= 4 is 17.7 Å². The number of piperidine rings is 1. The van der Waals surface area contributed by atoms with E-state index in [2.05, 4.69) is 0 Å².